The minimum atomic E-state index is -0.995. The summed E-state index contributed by atoms with van der Waals surface area (Å²) in [6.07, 6.45) is 2.89. The maximum atomic E-state index is 10.2. The fraction of sp³-hybridized carbons (Fsp3) is 0.667. The van der Waals surface area contributed by atoms with Crippen molar-refractivity contribution < 1.29 is 15.1 Å². The first-order chi connectivity index (χ1) is 5.18. The van der Waals surface area contributed by atoms with Gasteiger partial charge in [0.1, 0.15) is 6.04 Å². The van der Waals surface area contributed by atoms with E-state index in [1.807, 2.05) is 0 Å². The van der Waals surface area contributed by atoms with Gasteiger partial charge < -0.3 is 16.0 Å². The Kier molecular flexibility index (Phi) is 5.10. The molecule has 0 saturated heterocycles. The van der Waals surface area contributed by atoms with Crippen LogP contribution < -0.4 is 5.73 Å². The second kappa shape index (κ2) is 5.67. The van der Waals surface area contributed by atoms with E-state index in [2.05, 4.69) is 5.16 Å². The number of unbranched alkanes of at least 4 members (excludes halogenated alkanes) is 1. The highest BCUT2D eigenvalue weighted by molar-refractivity contribution is 5.73. The first-order valence-electron chi connectivity index (χ1n) is 3.32. The number of hydrogen-bond donors (Lipinski definition) is 3. The van der Waals surface area contributed by atoms with Crippen molar-refractivity contribution in [3.63, 3.8) is 0 Å². The van der Waals surface area contributed by atoms with Gasteiger partial charge in [0.05, 0.1) is 0 Å². The SMILES string of the molecule is N[C@@H](CCC/C=N/O)C(=O)O. The largest absolute Gasteiger partial charge is 0.480 e. The number of carbonyl (C=O) groups is 1. The zero-order valence-electron chi connectivity index (χ0n) is 6.10. The molecular formula is C6H12N2O3. The van der Waals surface area contributed by atoms with Gasteiger partial charge in [-0.25, -0.2) is 0 Å². The Balaban J connectivity index is 3.31. The van der Waals surface area contributed by atoms with Crippen molar-refractivity contribution in [1.82, 2.24) is 0 Å². The number of nitrogens with two attached hydrogens (primary N) is 1. The fourth-order valence-corrected chi connectivity index (χ4v) is 0.610. The van der Waals surface area contributed by atoms with E-state index in [1.165, 1.54) is 6.21 Å². The highest BCUT2D eigenvalue weighted by Gasteiger charge is 2.09. The lowest BCUT2D eigenvalue weighted by Gasteiger charge is -2.02. The molecule has 0 bridgehead atoms. The van der Waals surface area contributed by atoms with Gasteiger partial charge in [-0.05, 0) is 19.3 Å². The number of nitrogens with zero attached hydrogens (tertiary/aromatic N) is 1. The quantitative estimate of drug-likeness (QED) is 0.229. The van der Waals surface area contributed by atoms with Crippen LogP contribution in [0.15, 0.2) is 5.16 Å². The van der Waals surface area contributed by atoms with Gasteiger partial charge in [-0.15, -0.1) is 5.16 Å². The van der Waals surface area contributed by atoms with Gasteiger partial charge in [-0.1, -0.05) is 0 Å². The maximum Gasteiger partial charge on any atom is 0.320 e. The molecule has 11 heavy (non-hydrogen) atoms. The number of carboxylic acids is 1. The molecule has 5 heteroatoms. The van der Waals surface area contributed by atoms with Gasteiger partial charge in [0, 0.05) is 6.21 Å². The van der Waals surface area contributed by atoms with Gasteiger partial charge in [-0.3, -0.25) is 4.79 Å². The first-order valence-corrected chi connectivity index (χ1v) is 3.32. The smallest absolute Gasteiger partial charge is 0.320 e. The molecule has 0 saturated carbocycles. The Labute approximate surface area is 64.5 Å². The third-order valence-corrected chi connectivity index (χ3v) is 1.25. The molecule has 0 aromatic heterocycles. The topological polar surface area (TPSA) is 95.9 Å². The molecule has 0 aliphatic heterocycles. The summed E-state index contributed by atoms with van der Waals surface area (Å²) in [7, 11) is 0. The summed E-state index contributed by atoms with van der Waals surface area (Å²) in [6.45, 7) is 0. The van der Waals surface area contributed by atoms with E-state index in [9.17, 15) is 4.79 Å². The molecule has 0 radical (unpaired) electrons. The van der Waals surface area contributed by atoms with Crippen LogP contribution in [0.25, 0.3) is 0 Å². The van der Waals surface area contributed by atoms with Crippen molar-refractivity contribution in [3.05, 3.63) is 0 Å². The highest BCUT2D eigenvalue weighted by atomic mass is 16.4. The number of rotatable bonds is 5. The van der Waals surface area contributed by atoms with Gasteiger partial charge in [-0.2, -0.15) is 0 Å². The van der Waals surface area contributed by atoms with Crippen LogP contribution in [-0.4, -0.2) is 28.5 Å². The van der Waals surface area contributed by atoms with Crippen molar-refractivity contribution in [2.24, 2.45) is 10.9 Å². The molecule has 5 nitrogen and oxygen atoms in total. The van der Waals surface area contributed by atoms with Gasteiger partial charge in [0.2, 0.25) is 0 Å². The van der Waals surface area contributed by atoms with Crippen LogP contribution in [0.5, 0.6) is 0 Å². The minimum absolute atomic E-state index is 0.404. The standard InChI is InChI=1S/C6H12N2O3/c7-5(6(9)10)3-1-2-4-8-11/h4-5,11H,1-3,7H2,(H,9,10)/b8-4+/t5-/m0/s1. The second-order valence-corrected chi connectivity index (χ2v) is 2.17. The molecule has 0 unspecified atom stereocenters. The molecule has 1 atom stereocenters. The number of aliphatic carboxylic acids is 1. The third-order valence-electron chi connectivity index (χ3n) is 1.25. The Hall–Kier alpha value is -1.10. The van der Waals surface area contributed by atoms with E-state index in [0.717, 1.165) is 0 Å². The predicted molar refractivity (Wildman–Crippen MR) is 39.7 cm³/mol. The maximum absolute atomic E-state index is 10.2. The normalized spacial score (nSPS) is 13.5. The van der Waals surface area contributed by atoms with Crippen molar-refractivity contribution in [1.29, 1.82) is 0 Å². The van der Waals surface area contributed by atoms with Crippen LogP contribution in [0, 0.1) is 0 Å². The molecule has 0 heterocycles. The van der Waals surface area contributed by atoms with E-state index < -0.39 is 12.0 Å². The molecule has 0 aliphatic rings. The van der Waals surface area contributed by atoms with Crippen LogP contribution >= 0.6 is 0 Å². The Bertz CT molecular complexity index is 147. The van der Waals surface area contributed by atoms with Crippen LogP contribution in [0.3, 0.4) is 0 Å². The summed E-state index contributed by atoms with van der Waals surface area (Å²) in [5.41, 5.74) is 5.19. The van der Waals surface area contributed by atoms with E-state index >= 15 is 0 Å². The van der Waals surface area contributed by atoms with Crippen molar-refractivity contribution in [2.45, 2.75) is 25.3 Å². The summed E-state index contributed by atoms with van der Waals surface area (Å²) in [6, 6.07) is -0.804. The molecular weight excluding hydrogens is 148 g/mol. The van der Waals surface area contributed by atoms with E-state index in [-0.39, 0.29) is 0 Å². The third kappa shape index (κ3) is 5.35. The van der Waals surface area contributed by atoms with Gasteiger partial charge >= 0.3 is 5.97 Å². The summed E-state index contributed by atoms with van der Waals surface area (Å²) >= 11 is 0. The van der Waals surface area contributed by atoms with Crippen molar-refractivity contribution in [3.8, 4) is 0 Å². The summed E-state index contributed by atoms with van der Waals surface area (Å²) in [5.74, 6) is -0.995. The number of carboxylic acid groups (broad SMARTS) is 1. The van der Waals surface area contributed by atoms with Crippen LogP contribution in [-0.2, 0) is 4.79 Å². The molecule has 0 fully saturated rings. The molecule has 0 rings (SSSR count). The lowest BCUT2D eigenvalue weighted by atomic mass is 10.1. The molecule has 0 aliphatic carbocycles. The number of hydrogen-bond acceptors (Lipinski definition) is 4. The van der Waals surface area contributed by atoms with Crippen LogP contribution in [0.1, 0.15) is 19.3 Å². The summed E-state index contributed by atoms with van der Waals surface area (Å²) in [4.78, 5) is 10.2. The average Bonchev–Trinajstić information content (AvgIpc) is 1.97. The van der Waals surface area contributed by atoms with E-state index in [1.54, 1.807) is 0 Å². The Morgan fingerprint density at radius 1 is 1.73 bits per heavy atom. The summed E-state index contributed by atoms with van der Waals surface area (Å²) in [5, 5.41) is 19.1. The predicted octanol–water partition coefficient (Wildman–Crippen LogP) is 0.0286. The zero-order valence-corrected chi connectivity index (χ0v) is 6.10. The molecule has 4 N–H and O–H groups in total. The Morgan fingerprint density at radius 3 is 2.82 bits per heavy atom. The van der Waals surface area contributed by atoms with E-state index in [4.69, 9.17) is 16.0 Å². The molecule has 0 amide bonds. The van der Waals surface area contributed by atoms with Crippen molar-refractivity contribution >= 4 is 12.2 Å². The monoisotopic (exact) mass is 160 g/mol. The van der Waals surface area contributed by atoms with Gasteiger partial charge in [0.25, 0.3) is 0 Å². The fourth-order valence-electron chi connectivity index (χ4n) is 0.610. The zero-order chi connectivity index (χ0) is 8.69. The lowest BCUT2D eigenvalue weighted by Crippen LogP contribution is -2.29. The molecule has 0 aromatic carbocycles. The lowest BCUT2D eigenvalue weighted by molar-refractivity contribution is -0.138. The molecule has 0 spiro atoms. The molecule has 64 valence electrons. The first kappa shape index (κ1) is 9.90. The second-order valence-electron chi connectivity index (χ2n) is 2.17. The highest BCUT2D eigenvalue weighted by Crippen LogP contribution is 1.96. The average molecular weight is 160 g/mol. The van der Waals surface area contributed by atoms with Crippen LogP contribution in [0.4, 0.5) is 0 Å². The summed E-state index contributed by atoms with van der Waals surface area (Å²) < 4.78 is 0. The number of oxime groups is 1. The van der Waals surface area contributed by atoms with Crippen molar-refractivity contribution in [2.75, 3.05) is 0 Å². The van der Waals surface area contributed by atoms with E-state index in [0.29, 0.717) is 19.3 Å². The Morgan fingerprint density at radius 2 is 2.36 bits per heavy atom. The van der Waals surface area contributed by atoms with Crippen LogP contribution in [0.2, 0.25) is 0 Å². The van der Waals surface area contributed by atoms with Gasteiger partial charge in [0.15, 0.2) is 0 Å². The molecule has 0 aromatic rings. The minimum Gasteiger partial charge on any atom is -0.480 e.